The van der Waals surface area contributed by atoms with Crippen molar-refractivity contribution >= 4 is 9.84 Å². The molecule has 1 unspecified atom stereocenters. The summed E-state index contributed by atoms with van der Waals surface area (Å²) in [5.74, 6) is 0.158. The van der Waals surface area contributed by atoms with Gasteiger partial charge in [-0.05, 0) is 37.4 Å². The summed E-state index contributed by atoms with van der Waals surface area (Å²) in [4.78, 5) is 0.502. The molecule has 0 saturated heterocycles. The largest absolute Gasteiger partial charge is 0.314 e. The van der Waals surface area contributed by atoms with Crippen molar-refractivity contribution in [3.8, 4) is 0 Å². The second kappa shape index (κ2) is 8.42. The molecule has 1 rings (SSSR count). The molecule has 0 amide bonds. The van der Waals surface area contributed by atoms with Crippen LogP contribution in [0, 0.1) is 0 Å². The molecule has 4 heteroatoms. The summed E-state index contributed by atoms with van der Waals surface area (Å²) < 4.78 is 24.3. The van der Waals surface area contributed by atoms with Crippen LogP contribution in [-0.2, 0) is 16.3 Å². The fourth-order valence-electron chi connectivity index (χ4n) is 2.37. The number of hydrogen-bond acceptors (Lipinski definition) is 3. The average molecular weight is 297 g/mol. The van der Waals surface area contributed by atoms with Gasteiger partial charge in [-0.15, -0.1) is 0 Å². The van der Waals surface area contributed by atoms with Crippen molar-refractivity contribution < 1.29 is 8.42 Å². The minimum Gasteiger partial charge on any atom is -0.314 e. The minimum absolute atomic E-state index is 0.158. The molecule has 0 heterocycles. The van der Waals surface area contributed by atoms with Gasteiger partial charge in [0.1, 0.15) is 0 Å². The Balaban J connectivity index is 2.95. The first-order valence-electron chi connectivity index (χ1n) is 7.59. The van der Waals surface area contributed by atoms with Gasteiger partial charge in [-0.2, -0.15) is 0 Å². The third-order valence-electron chi connectivity index (χ3n) is 3.47. The predicted octanol–water partition coefficient (Wildman–Crippen LogP) is 3.19. The molecule has 1 aromatic carbocycles. The van der Waals surface area contributed by atoms with Crippen LogP contribution in [0.1, 0.15) is 45.6 Å². The van der Waals surface area contributed by atoms with E-state index in [2.05, 4.69) is 19.2 Å². The molecule has 1 atom stereocenters. The molecule has 1 aromatic rings. The number of nitrogens with one attached hydrogen (secondary N) is 1. The quantitative estimate of drug-likeness (QED) is 0.761. The Morgan fingerprint density at radius 2 is 1.80 bits per heavy atom. The number of benzene rings is 1. The fourth-order valence-corrected chi connectivity index (χ4v) is 3.52. The van der Waals surface area contributed by atoms with Crippen LogP contribution in [0.15, 0.2) is 29.2 Å². The lowest BCUT2D eigenvalue weighted by atomic mass is 10.0. The van der Waals surface area contributed by atoms with Crippen molar-refractivity contribution in [3.05, 3.63) is 29.8 Å². The maximum Gasteiger partial charge on any atom is 0.178 e. The molecule has 0 aliphatic rings. The molecule has 0 spiro atoms. The predicted molar refractivity (Wildman–Crippen MR) is 84.9 cm³/mol. The first-order valence-corrected chi connectivity index (χ1v) is 9.24. The first-order chi connectivity index (χ1) is 9.55. The van der Waals surface area contributed by atoms with E-state index in [1.54, 1.807) is 19.1 Å². The summed E-state index contributed by atoms with van der Waals surface area (Å²) in [5, 5.41) is 3.52. The van der Waals surface area contributed by atoms with Crippen LogP contribution in [0.25, 0.3) is 0 Å². The Bertz CT molecular complexity index is 497. The molecule has 0 aliphatic heterocycles. The first kappa shape index (κ1) is 17.2. The van der Waals surface area contributed by atoms with Crippen molar-refractivity contribution in [2.45, 2.75) is 57.4 Å². The molecule has 20 heavy (non-hydrogen) atoms. The lowest BCUT2D eigenvalue weighted by Crippen LogP contribution is -2.32. The molecule has 0 aromatic heterocycles. The minimum atomic E-state index is -3.14. The van der Waals surface area contributed by atoms with E-state index >= 15 is 0 Å². The number of sulfone groups is 1. The van der Waals surface area contributed by atoms with Crippen LogP contribution in [0.5, 0.6) is 0 Å². The van der Waals surface area contributed by atoms with E-state index in [4.69, 9.17) is 0 Å². The topological polar surface area (TPSA) is 46.2 Å². The molecule has 0 saturated carbocycles. The average Bonchev–Trinajstić information content (AvgIpc) is 2.45. The van der Waals surface area contributed by atoms with Crippen LogP contribution in [0.3, 0.4) is 0 Å². The van der Waals surface area contributed by atoms with Gasteiger partial charge in [-0.3, -0.25) is 0 Å². The Morgan fingerprint density at radius 3 is 2.40 bits per heavy atom. The highest BCUT2D eigenvalue weighted by Gasteiger charge is 2.18. The monoisotopic (exact) mass is 297 g/mol. The van der Waals surface area contributed by atoms with Gasteiger partial charge >= 0.3 is 0 Å². The van der Waals surface area contributed by atoms with Gasteiger partial charge in [0.2, 0.25) is 0 Å². The zero-order valence-electron chi connectivity index (χ0n) is 12.9. The fraction of sp³-hybridized carbons (Fsp3) is 0.625. The molecule has 3 nitrogen and oxygen atoms in total. The van der Waals surface area contributed by atoms with Crippen molar-refractivity contribution in [2.75, 3.05) is 12.3 Å². The van der Waals surface area contributed by atoms with E-state index in [1.807, 2.05) is 12.1 Å². The number of rotatable bonds is 9. The summed E-state index contributed by atoms with van der Waals surface area (Å²) in [5.41, 5.74) is 0.941. The SMILES string of the molecule is CCCNC(CCC)Cc1ccccc1S(=O)(=O)CC. The summed E-state index contributed by atoms with van der Waals surface area (Å²) in [6.07, 6.45) is 4.04. The Kier molecular flexibility index (Phi) is 7.24. The van der Waals surface area contributed by atoms with Crippen molar-refractivity contribution in [1.29, 1.82) is 0 Å². The van der Waals surface area contributed by atoms with Crippen LogP contribution >= 0.6 is 0 Å². The molecule has 0 radical (unpaired) electrons. The van der Waals surface area contributed by atoms with E-state index in [-0.39, 0.29) is 5.75 Å². The summed E-state index contributed by atoms with van der Waals surface area (Å²) in [6.45, 7) is 6.99. The summed E-state index contributed by atoms with van der Waals surface area (Å²) >= 11 is 0. The maximum absolute atomic E-state index is 12.2. The van der Waals surface area contributed by atoms with Gasteiger partial charge in [0, 0.05) is 6.04 Å². The zero-order valence-corrected chi connectivity index (χ0v) is 13.7. The van der Waals surface area contributed by atoms with Crippen LogP contribution in [-0.4, -0.2) is 26.8 Å². The summed E-state index contributed by atoms with van der Waals surface area (Å²) in [7, 11) is -3.14. The van der Waals surface area contributed by atoms with E-state index in [0.717, 1.165) is 37.8 Å². The van der Waals surface area contributed by atoms with Gasteiger partial charge in [0.15, 0.2) is 9.84 Å². The number of hydrogen-bond donors (Lipinski definition) is 1. The normalized spacial score (nSPS) is 13.3. The molecular weight excluding hydrogens is 270 g/mol. The van der Waals surface area contributed by atoms with Crippen molar-refractivity contribution in [2.24, 2.45) is 0 Å². The van der Waals surface area contributed by atoms with E-state index < -0.39 is 9.84 Å². The van der Waals surface area contributed by atoms with E-state index in [1.165, 1.54) is 0 Å². The van der Waals surface area contributed by atoms with E-state index in [9.17, 15) is 8.42 Å². The van der Waals surface area contributed by atoms with Crippen LogP contribution in [0.4, 0.5) is 0 Å². The highest BCUT2D eigenvalue weighted by Crippen LogP contribution is 2.19. The lowest BCUT2D eigenvalue weighted by Gasteiger charge is -2.19. The van der Waals surface area contributed by atoms with Gasteiger partial charge in [0.05, 0.1) is 10.6 Å². The second-order valence-electron chi connectivity index (χ2n) is 5.15. The molecule has 114 valence electrons. The smallest absolute Gasteiger partial charge is 0.178 e. The summed E-state index contributed by atoms with van der Waals surface area (Å²) in [6, 6.07) is 7.76. The van der Waals surface area contributed by atoms with E-state index in [0.29, 0.717) is 10.9 Å². The molecule has 1 N–H and O–H groups in total. The molecular formula is C16H27NO2S. The Morgan fingerprint density at radius 1 is 1.10 bits per heavy atom. The zero-order chi connectivity index (χ0) is 15.0. The lowest BCUT2D eigenvalue weighted by molar-refractivity contribution is 0.470. The Labute approximate surface area is 123 Å². The molecule has 0 bridgehead atoms. The molecule has 0 aliphatic carbocycles. The Hall–Kier alpha value is -0.870. The highest BCUT2D eigenvalue weighted by atomic mass is 32.2. The standard InChI is InChI=1S/C16H27NO2S/c1-4-9-15(17-12-5-2)13-14-10-7-8-11-16(14)20(18,19)6-3/h7-8,10-11,15,17H,4-6,9,12-13H2,1-3H3. The van der Waals surface area contributed by atoms with Gasteiger partial charge in [-0.25, -0.2) is 8.42 Å². The van der Waals surface area contributed by atoms with Gasteiger partial charge < -0.3 is 5.32 Å². The molecule has 0 fully saturated rings. The van der Waals surface area contributed by atoms with Crippen LogP contribution in [0.2, 0.25) is 0 Å². The third kappa shape index (κ3) is 4.91. The maximum atomic E-state index is 12.2. The van der Waals surface area contributed by atoms with Gasteiger partial charge in [-0.1, -0.05) is 45.4 Å². The van der Waals surface area contributed by atoms with Crippen molar-refractivity contribution in [1.82, 2.24) is 5.32 Å². The second-order valence-corrected chi connectivity index (χ2v) is 7.40. The van der Waals surface area contributed by atoms with Crippen LogP contribution < -0.4 is 5.32 Å². The highest BCUT2D eigenvalue weighted by molar-refractivity contribution is 7.91. The van der Waals surface area contributed by atoms with Gasteiger partial charge in [0.25, 0.3) is 0 Å². The van der Waals surface area contributed by atoms with Crippen molar-refractivity contribution in [3.63, 3.8) is 0 Å². The third-order valence-corrected chi connectivity index (χ3v) is 5.30.